The quantitative estimate of drug-likeness (QED) is 0.160. The summed E-state index contributed by atoms with van der Waals surface area (Å²) in [6.07, 6.45) is 2.80. The minimum Gasteiger partial charge on any atom is -0.507 e. The van der Waals surface area contributed by atoms with E-state index in [-0.39, 0.29) is 11.3 Å². The van der Waals surface area contributed by atoms with Gasteiger partial charge in [-0.25, -0.2) is 0 Å². The van der Waals surface area contributed by atoms with Crippen molar-refractivity contribution in [2.75, 3.05) is 47.0 Å². The van der Waals surface area contributed by atoms with E-state index in [9.17, 15) is 14.7 Å². The molecular weight excluding hydrogens is 484 g/mol. The smallest absolute Gasteiger partial charge is 0.295 e. The molecular formula is C30H40N2O6. The Labute approximate surface area is 225 Å². The summed E-state index contributed by atoms with van der Waals surface area (Å²) < 4.78 is 17.4. The predicted molar refractivity (Wildman–Crippen MR) is 148 cm³/mol. The van der Waals surface area contributed by atoms with Gasteiger partial charge in [-0.1, -0.05) is 26.3 Å². The second kappa shape index (κ2) is 13.9. The van der Waals surface area contributed by atoms with Gasteiger partial charge in [-0.15, -0.1) is 0 Å². The van der Waals surface area contributed by atoms with Crippen LogP contribution in [0.15, 0.2) is 48.0 Å². The van der Waals surface area contributed by atoms with Crippen molar-refractivity contribution in [2.45, 2.75) is 46.1 Å². The van der Waals surface area contributed by atoms with Crippen molar-refractivity contribution in [2.24, 2.45) is 0 Å². The molecule has 1 fully saturated rings. The lowest BCUT2D eigenvalue weighted by atomic mass is 9.95. The molecule has 0 aliphatic carbocycles. The first-order valence-corrected chi connectivity index (χ1v) is 13.4. The van der Waals surface area contributed by atoms with Crippen LogP contribution in [0.3, 0.4) is 0 Å². The number of nitrogens with zero attached hydrogens (tertiary/aromatic N) is 2. The van der Waals surface area contributed by atoms with Crippen LogP contribution in [0.1, 0.15) is 57.2 Å². The van der Waals surface area contributed by atoms with E-state index in [1.54, 1.807) is 30.3 Å². The number of carbonyl (C=O) groups excluding carboxylic acids is 2. The molecule has 3 rings (SSSR count). The standard InChI is InChI=1S/C30H40N2O6/c1-6-9-19-38-24-15-12-22(20-25(24)36-8-3)27-26(29(34)30(35)32(27)17-16-31(4)5)28(33)21-10-13-23(14-11-21)37-18-7-2/h10-15,20,27,33H,6-9,16-19H2,1-5H3. The number of carbonyl (C=O) groups is 2. The molecule has 1 unspecified atom stereocenters. The topological polar surface area (TPSA) is 88.5 Å². The SMILES string of the molecule is CCCCOc1ccc(C2C(=C(O)c3ccc(OCCC)cc3)C(=O)C(=O)N2CCN(C)C)cc1OCC. The predicted octanol–water partition coefficient (Wildman–Crippen LogP) is 5.04. The number of likely N-dealkylation sites (tertiary alicyclic amines) is 1. The number of hydrogen-bond donors (Lipinski definition) is 1. The molecule has 1 heterocycles. The third-order valence-corrected chi connectivity index (χ3v) is 6.27. The minimum absolute atomic E-state index is 0.0538. The highest BCUT2D eigenvalue weighted by molar-refractivity contribution is 6.46. The molecule has 1 aliphatic rings. The Balaban J connectivity index is 2.08. The van der Waals surface area contributed by atoms with E-state index < -0.39 is 17.7 Å². The van der Waals surface area contributed by atoms with Crippen molar-refractivity contribution in [3.63, 3.8) is 0 Å². The second-order valence-corrected chi connectivity index (χ2v) is 9.51. The average Bonchev–Trinajstić information content (AvgIpc) is 3.16. The summed E-state index contributed by atoms with van der Waals surface area (Å²) in [5, 5.41) is 11.3. The maximum absolute atomic E-state index is 13.3. The zero-order valence-corrected chi connectivity index (χ0v) is 23.2. The molecule has 8 heteroatoms. The van der Waals surface area contributed by atoms with Crippen LogP contribution >= 0.6 is 0 Å². The molecule has 206 valence electrons. The van der Waals surface area contributed by atoms with Gasteiger partial charge in [0.1, 0.15) is 11.5 Å². The lowest BCUT2D eigenvalue weighted by molar-refractivity contribution is -0.140. The fourth-order valence-corrected chi connectivity index (χ4v) is 4.26. The van der Waals surface area contributed by atoms with Crippen LogP contribution in [0.25, 0.3) is 5.76 Å². The van der Waals surface area contributed by atoms with Crippen LogP contribution in [0.5, 0.6) is 17.2 Å². The molecule has 1 aliphatic heterocycles. The lowest BCUT2D eigenvalue weighted by Crippen LogP contribution is -2.35. The van der Waals surface area contributed by atoms with Gasteiger partial charge in [-0.05, 0) is 75.8 Å². The molecule has 0 saturated carbocycles. The van der Waals surface area contributed by atoms with Crippen molar-refractivity contribution >= 4 is 17.4 Å². The van der Waals surface area contributed by atoms with Gasteiger partial charge in [0.2, 0.25) is 0 Å². The van der Waals surface area contributed by atoms with Gasteiger partial charge in [-0.3, -0.25) is 9.59 Å². The highest BCUT2D eigenvalue weighted by Crippen LogP contribution is 2.42. The monoisotopic (exact) mass is 524 g/mol. The molecule has 0 spiro atoms. The third kappa shape index (κ3) is 6.86. The highest BCUT2D eigenvalue weighted by atomic mass is 16.5. The third-order valence-electron chi connectivity index (χ3n) is 6.27. The van der Waals surface area contributed by atoms with Gasteiger partial charge < -0.3 is 29.1 Å². The largest absolute Gasteiger partial charge is 0.507 e. The van der Waals surface area contributed by atoms with Gasteiger partial charge in [0, 0.05) is 18.7 Å². The number of hydrogen-bond acceptors (Lipinski definition) is 7. The van der Waals surface area contributed by atoms with Crippen LogP contribution in [0.2, 0.25) is 0 Å². The highest BCUT2D eigenvalue weighted by Gasteiger charge is 2.46. The van der Waals surface area contributed by atoms with Crippen LogP contribution in [-0.2, 0) is 9.59 Å². The number of ether oxygens (including phenoxy) is 3. The summed E-state index contributed by atoms with van der Waals surface area (Å²) in [4.78, 5) is 30.0. The fourth-order valence-electron chi connectivity index (χ4n) is 4.26. The van der Waals surface area contributed by atoms with E-state index >= 15 is 0 Å². The van der Waals surface area contributed by atoms with Crippen molar-refractivity contribution in [1.29, 1.82) is 0 Å². The van der Waals surface area contributed by atoms with Crippen LogP contribution < -0.4 is 14.2 Å². The molecule has 1 saturated heterocycles. The Kier molecular flexibility index (Phi) is 10.6. The van der Waals surface area contributed by atoms with Crippen LogP contribution in [0, 0.1) is 0 Å². The van der Waals surface area contributed by atoms with Gasteiger partial charge in [0.05, 0.1) is 31.4 Å². The molecule has 1 N–H and O–H groups in total. The molecule has 0 radical (unpaired) electrons. The lowest BCUT2D eigenvalue weighted by Gasteiger charge is -2.27. The van der Waals surface area contributed by atoms with E-state index in [0.717, 1.165) is 19.3 Å². The Hall–Kier alpha value is -3.52. The molecule has 2 aromatic carbocycles. The Morgan fingerprint density at radius 3 is 2.29 bits per heavy atom. The van der Waals surface area contributed by atoms with E-state index in [4.69, 9.17) is 14.2 Å². The molecule has 1 amide bonds. The summed E-state index contributed by atoms with van der Waals surface area (Å²) in [5.74, 6) is 0.255. The van der Waals surface area contributed by atoms with Gasteiger partial charge in [-0.2, -0.15) is 0 Å². The summed E-state index contributed by atoms with van der Waals surface area (Å²) in [6.45, 7) is 8.47. The molecule has 38 heavy (non-hydrogen) atoms. The number of likely N-dealkylation sites (N-methyl/N-ethyl adjacent to an activating group) is 1. The van der Waals surface area contributed by atoms with Crippen molar-refractivity contribution < 1.29 is 28.9 Å². The Bertz CT molecular complexity index is 1130. The maximum Gasteiger partial charge on any atom is 0.295 e. The Morgan fingerprint density at radius 1 is 0.921 bits per heavy atom. The first kappa shape index (κ1) is 29.0. The van der Waals surface area contributed by atoms with Crippen molar-refractivity contribution in [1.82, 2.24) is 9.80 Å². The molecule has 0 aromatic heterocycles. The first-order chi connectivity index (χ1) is 18.3. The molecule has 8 nitrogen and oxygen atoms in total. The zero-order chi connectivity index (χ0) is 27.7. The fraction of sp³-hybridized carbons (Fsp3) is 0.467. The second-order valence-electron chi connectivity index (χ2n) is 9.51. The number of aliphatic hydroxyl groups excluding tert-OH is 1. The summed E-state index contributed by atoms with van der Waals surface area (Å²) >= 11 is 0. The van der Waals surface area contributed by atoms with Crippen molar-refractivity contribution in [3.8, 4) is 17.2 Å². The Morgan fingerprint density at radius 2 is 1.66 bits per heavy atom. The number of ketones is 1. The van der Waals surface area contributed by atoms with Crippen molar-refractivity contribution in [3.05, 3.63) is 59.2 Å². The van der Waals surface area contributed by atoms with Crippen LogP contribution in [0.4, 0.5) is 0 Å². The molecule has 1 atom stereocenters. The summed E-state index contributed by atoms with van der Waals surface area (Å²) in [5.41, 5.74) is 1.16. The van der Waals surface area contributed by atoms with E-state index in [1.807, 2.05) is 45.0 Å². The molecule has 2 aromatic rings. The number of benzene rings is 2. The number of aliphatic hydroxyl groups is 1. The minimum atomic E-state index is -0.769. The van der Waals surface area contributed by atoms with Gasteiger partial charge >= 0.3 is 0 Å². The number of rotatable bonds is 14. The van der Waals surface area contributed by atoms with E-state index in [1.165, 1.54) is 4.90 Å². The summed E-state index contributed by atoms with van der Waals surface area (Å²) in [6, 6.07) is 11.6. The van der Waals surface area contributed by atoms with Gasteiger partial charge in [0.25, 0.3) is 11.7 Å². The van der Waals surface area contributed by atoms with Crippen LogP contribution in [-0.4, -0.2) is 73.6 Å². The number of unbranched alkanes of at least 4 members (excludes halogenated alkanes) is 1. The first-order valence-electron chi connectivity index (χ1n) is 13.4. The zero-order valence-electron chi connectivity index (χ0n) is 23.2. The van der Waals surface area contributed by atoms with Gasteiger partial charge in [0.15, 0.2) is 11.5 Å². The molecule has 0 bridgehead atoms. The van der Waals surface area contributed by atoms with E-state index in [2.05, 4.69) is 6.92 Å². The summed E-state index contributed by atoms with van der Waals surface area (Å²) in [7, 11) is 3.81. The number of amides is 1. The number of Topliss-reactive ketones (excluding diaryl/α,β-unsaturated/α-hetero) is 1. The maximum atomic E-state index is 13.3. The average molecular weight is 525 g/mol. The van der Waals surface area contributed by atoms with E-state index in [0.29, 0.717) is 61.3 Å². The normalized spacial score (nSPS) is 16.8.